The highest BCUT2D eigenvalue weighted by atomic mass is 79.9. The molecule has 24 heavy (non-hydrogen) atoms. The molecule has 0 radical (unpaired) electrons. The first-order chi connectivity index (χ1) is 11.4. The van der Waals surface area contributed by atoms with Crippen LogP contribution in [0, 0.1) is 0 Å². The summed E-state index contributed by atoms with van der Waals surface area (Å²) in [6.07, 6.45) is 1.56. The number of carbonyl (C=O) groups is 2. The predicted molar refractivity (Wildman–Crippen MR) is 94.3 cm³/mol. The van der Waals surface area contributed by atoms with Crippen molar-refractivity contribution in [3.05, 3.63) is 68.8 Å². The largest absolute Gasteiger partial charge is 0.507 e. The molecule has 122 valence electrons. The zero-order chi connectivity index (χ0) is 17.3. The van der Waals surface area contributed by atoms with Crippen LogP contribution >= 0.6 is 27.5 Å². The Balaban J connectivity index is 1.81. The maximum atomic E-state index is 12.4. The standard InChI is InChI=1S/C17H12BrClN2O3/c18-13-7-11(3-6-15(13)22)8-14-16(23)21(17(24)20-14)9-10-1-4-12(19)5-2-10/h1-8,22H,9H2,(H,20,24)/b14-8+. The molecule has 3 amide bonds. The van der Waals surface area contributed by atoms with Crippen molar-refractivity contribution < 1.29 is 14.7 Å². The fourth-order valence-electron chi connectivity index (χ4n) is 2.27. The first-order valence-electron chi connectivity index (χ1n) is 7.01. The smallest absolute Gasteiger partial charge is 0.329 e. The number of amides is 3. The van der Waals surface area contributed by atoms with Crippen LogP contribution < -0.4 is 5.32 Å². The van der Waals surface area contributed by atoms with Gasteiger partial charge in [-0.15, -0.1) is 0 Å². The molecular weight excluding hydrogens is 396 g/mol. The summed E-state index contributed by atoms with van der Waals surface area (Å²) in [6.45, 7) is 0.165. The number of hydrogen-bond acceptors (Lipinski definition) is 3. The summed E-state index contributed by atoms with van der Waals surface area (Å²) in [6, 6.07) is 11.3. The van der Waals surface area contributed by atoms with Crippen molar-refractivity contribution in [3.8, 4) is 5.75 Å². The molecule has 0 saturated carbocycles. The summed E-state index contributed by atoms with van der Waals surface area (Å²) < 4.78 is 0.506. The van der Waals surface area contributed by atoms with Gasteiger partial charge in [-0.1, -0.05) is 29.8 Å². The average molecular weight is 408 g/mol. The molecule has 5 nitrogen and oxygen atoms in total. The molecule has 2 aromatic rings. The van der Waals surface area contributed by atoms with E-state index in [4.69, 9.17) is 11.6 Å². The molecule has 1 aliphatic heterocycles. The number of aromatic hydroxyl groups is 1. The fourth-order valence-corrected chi connectivity index (χ4v) is 2.79. The van der Waals surface area contributed by atoms with E-state index in [1.54, 1.807) is 42.5 Å². The number of halogens is 2. The molecule has 1 aliphatic rings. The zero-order valence-electron chi connectivity index (χ0n) is 12.3. The van der Waals surface area contributed by atoms with Gasteiger partial charge in [0.2, 0.25) is 0 Å². The molecule has 0 atom stereocenters. The summed E-state index contributed by atoms with van der Waals surface area (Å²) in [5.41, 5.74) is 1.67. The minimum Gasteiger partial charge on any atom is -0.507 e. The molecular formula is C17H12BrClN2O3. The van der Waals surface area contributed by atoms with Gasteiger partial charge in [0, 0.05) is 5.02 Å². The summed E-state index contributed by atoms with van der Waals surface area (Å²) >= 11 is 9.04. The molecule has 2 N–H and O–H groups in total. The first kappa shape index (κ1) is 16.5. The number of urea groups is 1. The van der Waals surface area contributed by atoms with Gasteiger partial charge in [-0.05, 0) is 57.4 Å². The topological polar surface area (TPSA) is 69.6 Å². The van der Waals surface area contributed by atoms with Crippen LogP contribution in [0.2, 0.25) is 5.02 Å². The number of nitrogens with zero attached hydrogens (tertiary/aromatic N) is 1. The van der Waals surface area contributed by atoms with E-state index in [2.05, 4.69) is 21.2 Å². The normalized spacial score (nSPS) is 15.9. The van der Waals surface area contributed by atoms with E-state index < -0.39 is 11.9 Å². The second-order valence-electron chi connectivity index (χ2n) is 5.22. The third-order valence-corrected chi connectivity index (χ3v) is 4.39. The monoisotopic (exact) mass is 406 g/mol. The highest BCUT2D eigenvalue weighted by molar-refractivity contribution is 9.10. The third kappa shape index (κ3) is 3.44. The highest BCUT2D eigenvalue weighted by Crippen LogP contribution is 2.26. The van der Waals surface area contributed by atoms with Crippen molar-refractivity contribution in [3.63, 3.8) is 0 Å². The maximum Gasteiger partial charge on any atom is 0.329 e. The van der Waals surface area contributed by atoms with Gasteiger partial charge in [0.1, 0.15) is 11.4 Å². The van der Waals surface area contributed by atoms with Gasteiger partial charge in [0.15, 0.2) is 0 Å². The quantitative estimate of drug-likeness (QED) is 0.599. The molecule has 1 heterocycles. The predicted octanol–water partition coefficient (Wildman–Crippen LogP) is 3.90. The SMILES string of the molecule is O=C1N/C(=C/c2ccc(O)c(Br)c2)C(=O)N1Cc1ccc(Cl)cc1. The van der Waals surface area contributed by atoms with Crippen LogP contribution in [0.3, 0.4) is 0 Å². The minimum atomic E-state index is -0.473. The number of benzene rings is 2. The van der Waals surface area contributed by atoms with E-state index in [1.807, 2.05) is 0 Å². The van der Waals surface area contributed by atoms with Crippen LogP contribution in [0.5, 0.6) is 5.75 Å². The van der Waals surface area contributed by atoms with Crippen molar-refractivity contribution >= 4 is 45.5 Å². The lowest BCUT2D eigenvalue weighted by Crippen LogP contribution is -2.30. The zero-order valence-corrected chi connectivity index (χ0v) is 14.6. The van der Waals surface area contributed by atoms with E-state index in [9.17, 15) is 14.7 Å². The Morgan fingerprint density at radius 2 is 1.88 bits per heavy atom. The molecule has 0 bridgehead atoms. The molecule has 2 aromatic carbocycles. The van der Waals surface area contributed by atoms with Crippen LogP contribution in [0.1, 0.15) is 11.1 Å². The number of phenols is 1. The minimum absolute atomic E-state index is 0.100. The first-order valence-corrected chi connectivity index (χ1v) is 8.18. The molecule has 1 saturated heterocycles. The molecule has 0 aromatic heterocycles. The Morgan fingerprint density at radius 3 is 2.54 bits per heavy atom. The van der Waals surface area contributed by atoms with Crippen LogP contribution in [-0.4, -0.2) is 21.9 Å². The maximum absolute atomic E-state index is 12.4. The van der Waals surface area contributed by atoms with Crippen LogP contribution in [0.4, 0.5) is 4.79 Å². The second-order valence-corrected chi connectivity index (χ2v) is 6.51. The van der Waals surface area contributed by atoms with Gasteiger partial charge in [-0.3, -0.25) is 9.69 Å². The molecule has 0 unspecified atom stereocenters. The van der Waals surface area contributed by atoms with Crippen molar-refractivity contribution in [2.45, 2.75) is 6.54 Å². The van der Waals surface area contributed by atoms with Crippen LogP contribution in [0.15, 0.2) is 52.6 Å². The summed E-state index contributed by atoms with van der Waals surface area (Å²) in [5, 5.41) is 12.7. The fraction of sp³-hybridized carbons (Fsp3) is 0.0588. The summed E-state index contributed by atoms with van der Waals surface area (Å²) in [5.74, 6) is -0.303. The number of phenolic OH excluding ortho intramolecular Hbond substituents is 1. The van der Waals surface area contributed by atoms with Gasteiger partial charge in [-0.25, -0.2) is 4.79 Å². The van der Waals surface area contributed by atoms with E-state index in [0.717, 1.165) is 10.5 Å². The Morgan fingerprint density at radius 1 is 1.17 bits per heavy atom. The van der Waals surface area contributed by atoms with Crippen molar-refractivity contribution in [2.75, 3.05) is 0 Å². The van der Waals surface area contributed by atoms with Gasteiger partial charge >= 0.3 is 6.03 Å². The van der Waals surface area contributed by atoms with Crippen molar-refractivity contribution in [2.24, 2.45) is 0 Å². The van der Waals surface area contributed by atoms with Gasteiger partial charge < -0.3 is 10.4 Å². The Hall–Kier alpha value is -2.31. The molecule has 0 aliphatic carbocycles. The van der Waals surface area contributed by atoms with Gasteiger partial charge in [-0.2, -0.15) is 0 Å². The van der Waals surface area contributed by atoms with Gasteiger partial charge in [0.05, 0.1) is 11.0 Å². The average Bonchev–Trinajstić information content (AvgIpc) is 2.80. The van der Waals surface area contributed by atoms with Crippen molar-refractivity contribution in [1.29, 1.82) is 0 Å². The third-order valence-electron chi connectivity index (χ3n) is 3.50. The highest BCUT2D eigenvalue weighted by Gasteiger charge is 2.33. The Bertz CT molecular complexity index is 849. The molecule has 0 spiro atoms. The van der Waals surface area contributed by atoms with Crippen molar-refractivity contribution in [1.82, 2.24) is 10.2 Å². The molecule has 7 heteroatoms. The number of carbonyl (C=O) groups excluding carboxylic acids is 2. The lowest BCUT2D eigenvalue weighted by Gasteiger charge is -2.11. The van der Waals surface area contributed by atoms with Crippen LogP contribution in [0.25, 0.3) is 6.08 Å². The van der Waals surface area contributed by atoms with E-state index in [1.165, 1.54) is 6.07 Å². The Kier molecular flexibility index (Phi) is 4.59. The number of imide groups is 1. The lowest BCUT2D eigenvalue weighted by molar-refractivity contribution is -0.123. The van der Waals surface area contributed by atoms with E-state index >= 15 is 0 Å². The molecule has 3 rings (SSSR count). The van der Waals surface area contributed by atoms with E-state index in [-0.39, 0.29) is 18.0 Å². The van der Waals surface area contributed by atoms with Crippen LogP contribution in [-0.2, 0) is 11.3 Å². The number of hydrogen-bond donors (Lipinski definition) is 2. The van der Waals surface area contributed by atoms with E-state index in [0.29, 0.717) is 15.1 Å². The lowest BCUT2D eigenvalue weighted by atomic mass is 10.2. The molecule has 1 fully saturated rings. The van der Waals surface area contributed by atoms with Gasteiger partial charge in [0.25, 0.3) is 5.91 Å². The second kappa shape index (κ2) is 6.67. The summed E-state index contributed by atoms with van der Waals surface area (Å²) in [7, 11) is 0. The number of nitrogens with one attached hydrogen (secondary N) is 1. The number of rotatable bonds is 3. The summed E-state index contributed by atoms with van der Waals surface area (Å²) in [4.78, 5) is 25.6. The Labute approximate surface area is 151 Å².